The molecule has 2 heterocycles. The van der Waals surface area contributed by atoms with Crippen LogP contribution in [0.3, 0.4) is 0 Å². The first-order valence-corrected chi connectivity index (χ1v) is 8.18. The molecular formula is C15H19N3O2S. The summed E-state index contributed by atoms with van der Waals surface area (Å²) in [7, 11) is 0. The Labute approximate surface area is 128 Å². The molecule has 0 saturated carbocycles. The molecule has 1 aromatic rings. The predicted molar refractivity (Wildman–Crippen MR) is 83.6 cm³/mol. The first-order chi connectivity index (χ1) is 10.2. The van der Waals surface area contributed by atoms with Crippen LogP contribution in [0.25, 0.3) is 0 Å². The van der Waals surface area contributed by atoms with Gasteiger partial charge in [-0.2, -0.15) is 0 Å². The average Bonchev–Trinajstić information content (AvgIpc) is 2.50. The first-order valence-electron chi connectivity index (χ1n) is 7.19. The zero-order valence-electron chi connectivity index (χ0n) is 12.0. The molecule has 2 aliphatic rings. The minimum atomic E-state index is 0.00911. The number of nitrogens with zero attached hydrogens (tertiary/aromatic N) is 2. The van der Waals surface area contributed by atoms with E-state index in [9.17, 15) is 9.59 Å². The topological polar surface area (TPSA) is 52.7 Å². The van der Waals surface area contributed by atoms with Gasteiger partial charge >= 0.3 is 0 Å². The maximum Gasteiger partial charge on any atom is 0.242 e. The average molecular weight is 305 g/mol. The maximum absolute atomic E-state index is 12.5. The molecule has 0 unspecified atom stereocenters. The van der Waals surface area contributed by atoms with Gasteiger partial charge in [0.05, 0.1) is 11.4 Å². The molecule has 0 bridgehead atoms. The lowest BCUT2D eigenvalue weighted by Crippen LogP contribution is -2.55. The van der Waals surface area contributed by atoms with Crippen LogP contribution in [-0.2, 0) is 9.59 Å². The van der Waals surface area contributed by atoms with E-state index < -0.39 is 0 Å². The molecular weight excluding hydrogens is 286 g/mol. The van der Waals surface area contributed by atoms with Crippen molar-refractivity contribution >= 4 is 29.3 Å². The Kier molecular flexibility index (Phi) is 4.17. The summed E-state index contributed by atoms with van der Waals surface area (Å²) in [6, 6.07) is 7.95. The van der Waals surface area contributed by atoms with Crippen LogP contribution in [-0.4, -0.2) is 54.7 Å². The number of thioether (sulfide) groups is 1. The normalized spacial score (nSPS) is 22.1. The van der Waals surface area contributed by atoms with E-state index in [0.29, 0.717) is 12.3 Å². The number of piperazine rings is 1. The number of carbonyl (C=O) groups excluding carboxylic acids is 2. The van der Waals surface area contributed by atoms with Crippen LogP contribution in [0.2, 0.25) is 0 Å². The monoisotopic (exact) mass is 305 g/mol. The standard InChI is InChI=1S/C15H19N3O2S/c1-11-8-16-6-7-17(11)14(19)9-18-12-4-2-3-5-13(12)21-10-15(18)20/h2-5,11,16H,6-10H2,1H3/t11-/m1/s1. The molecule has 2 amide bonds. The summed E-state index contributed by atoms with van der Waals surface area (Å²) in [5, 5.41) is 3.27. The van der Waals surface area contributed by atoms with E-state index in [0.717, 1.165) is 23.7 Å². The van der Waals surface area contributed by atoms with E-state index >= 15 is 0 Å². The van der Waals surface area contributed by atoms with Crippen molar-refractivity contribution in [2.75, 3.05) is 36.8 Å². The summed E-state index contributed by atoms with van der Waals surface area (Å²) < 4.78 is 0. The number of hydrogen-bond acceptors (Lipinski definition) is 4. The van der Waals surface area contributed by atoms with Crippen molar-refractivity contribution in [1.82, 2.24) is 10.2 Å². The number of nitrogens with one attached hydrogen (secondary N) is 1. The van der Waals surface area contributed by atoms with E-state index in [1.165, 1.54) is 11.8 Å². The highest BCUT2D eigenvalue weighted by Crippen LogP contribution is 2.34. The molecule has 2 aliphatic heterocycles. The number of amides is 2. The highest BCUT2D eigenvalue weighted by atomic mass is 32.2. The molecule has 21 heavy (non-hydrogen) atoms. The Morgan fingerprint density at radius 2 is 2.24 bits per heavy atom. The predicted octanol–water partition coefficient (Wildman–Crippen LogP) is 0.946. The van der Waals surface area contributed by atoms with Crippen molar-refractivity contribution in [2.45, 2.75) is 17.9 Å². The van der Waals surface area contributed by atoms with E-state index in [1.807, 2.05) is 36.1 Å². The van der Waals surface area contributed by atoms with Gasteiger partial charge in [-0.25, -0.2) is 0 Å². The van der Waals surface area contributed by atoms with Gasteiger partial charge in [-0.05, 0) is 19.1 Å². The first kappa shape index (κ1) is 14.4. The molecule has 1 atom stereocenters. The fourth-order valence-electron chi connectivity index (χ4n) is 2.76. The third kappa shape index (κ3) is 2.91. The smallest absolute Gasteiger partial charge is 0.242 e. The van der Waals surface area contributed by atoms with Crippen molar-refractivity contribution in [3.05, 3.63) is 24.3 Å². The van der Waals surface area contributed by atoms with Crippen LogP contribution >= 0.6 is 11.8 Å². The van der Waals surface area contributed by atoms with E-state index in [2.05, 4.69) is 5.32 Å². The Balaban J connectivity index is 1.77. The number of rotatable bonds is 2. The SMILES string of the molecule is C[C@@H]1CNCCN1C(=O)CN1C(=O)CSc2ccccc21. The fourth-order valence-corrected chi connectivity index (χ4v) is 3.70. The van der Waals surface area contributed by atoms with Crippen LogP contribution in [0.4, 0.5) is 5.69 Å². The van der Waals surface area contributed by atoms with Crippen LogP contribution < -0.4 is 10.2 Å². The molecule has 0 aromatic heterocycles. The molecule has 112 valence electrons. The molecule has 0 aliphatic carbocycles. The maximum atomic E-state index is 12.5. The van der Waals surface area contributed by atoms with Crippen molar-refractivity contribution in [2.24, 2.45) is 0 Å². The third-order valence-corrected chi connectivity index (χ3v) is 4.97. The molecule has 1 fully saturated rings. The van der Waals surface area contributed by atoms with Crippen molar-refractivity contribution in [3.8, 4) is 0 Å². The van der Waals surface area contributed by atoms with Gasteiger partial charge in [0.25, 0.3) is 0 Å². The van der Waals surface area contributed by atoms with Gasteiger partial charge in [0.1, 0.15) is 6.54 Å². The molecule has 6 heteroatoms. The van der Waals surface area contributed by atoms with E-state index in [-0.39, 0.29) is 24.4 Å². The Bertz CT molecular complexity index is 564. The number of carbonyl (C=O) groups is 2. The second kappa shape index (κ2) is 6.07. The minimum absolute atomic E-state index is 0.00911. The lowest BCUT2D eigenvalue weighted by Gasteiger charge is -2.36. The van der Waals surface area contributed by atoms with Gasteiger partial charge in [-0.3, -0.25) is 9.59 Å². The highest BCUT2D eigenvalue weighted by Gasteiger charge is 2.30. The molecule has 0 radical (unpaired) electrons. The van der Waals surface area contributed by atoms with Crippen LogP contribution in [0, 0.1) is 0 Å². The van der Waals surface area contributed by atoms with Gasteiger partial charge in [0.2, 0.25) is 11.8 Å². The van der Waals surface area contributed by atoms with Gasteiger partial charge in [-0.15, -0.1) is 11.8 Å². The lowest BCUT2D eigenvalue weighted by molar-refractivity contribution is -0.133. The molecule has 3 rings (SSSR count). The van der Waals surface area contributed by atoms with Crippen molar-refractivity contribution < 1.29 is 9.59 Å². The van der Waals surface area contributed by atoms with Gasteiger partial charge in [0.15, 0.2) is 0 Å². The second-order valence-corrected chi connectivity index (χ2v) is 6.39. The van der Waals surface area contributed by atoms with Gasteiger partial charge < -0.3 is 15.1 Å². The summed E-state index contributed by atoms with van der Waals surface area (Å²) in [5.74, 6) is 0.440. The summed E-state index contributed by atoms with van der Waals surface area (Å²) >= 11 is 1.54. The molecule has 1 N–H and O–H groups in total. The Morgan fingerprint density at radius 1 is 1.43 bits per heavy atom. The van der Waals surface area contributed by atoms with Gasteiger partial charge in [-0.1, -0.05) is 12.1 Å². The summed E-state index contributed by atoms with van der Waals surface area (Å²) in [4.78, 5) is 29.3. The number of para-hydroxylation sites is 1. The Hall–Kier alpha value is -1.53. The van der Waals surface area contributed by atoms with Crippen molar-refractivity contribution in [3.63, 3.8) is 0 Å². The van der Waals surface area contributed by atoms with Gasteiger partial charge in [0, 0.05) is 30.6 Å². The van der Waals surface area contributed by atoms with Crippen LogP contribution in [0.15, 0.2) is 29.2 Å². The van der Waals surface area contributed by atoms with E-state index in [4.69, 9.17) is 0 Å². The molecule has 0 spiro atoms. The zero-order chi connectivity index (χ0) is 14.8. The number of hydrogen-bond donors (Lipinski definition) is 1. The van der Waals surface area contributed by atoms with Crippen LogP contribution in [0.5, 0.6) is 0 Å². The van der Waals surface area contributed by atoms with E-state index in [1.54, 1.807) is 4.90 Å². The highest BCUT2D eigenvalue weighted by molar-refractivity contribution is 8.00. The number of anilines is 1. The minimum Gasteiger partial charge on any atom is -0.336 e. The molecule has 1 aromatic carbocycles. The quantitative estimate of drug-likeness (QED) is 0.884. The summed E-state index contributed by atoms with van der Waals surface area (Å²) in [6.45, 7) is 4.51. The number of benzene rings is 1. The lowest BCUT2D eigenvalue weighted by atomic mass is 10.2. The zero-order valence-corrected chi connectivity index (χ0v) is 12.9. The molecule has 5 nitrogen and oxygen atoms in total. The largest absolute Gasteiger partial charge is 0.336 e. The summed E-state index contributed by atoms with van der Waals surface area (Å²) in [5.41, 5.74) is 0.856. The second-order valence-electron chi connectivity index (χ2n) is 5.38. The Morgan fingerprint density at radius 3 is 3.05 bits per heavy atom. The third-order valence-electron chi connectivity index (χ3n) is 3.92. The van der Waals surface area contributed by atoms with Crippen LogP contribution in [0.1, 0.15) is 6.92 Å². The summed E-state index contributed by atoms with van der Waals surface area (Å²) in [6.07, 6.45) is 0. The number of fused-ring (bicyclic) bond motifs is 1. The molecule has 1 saturated heterocycles. The van der Waals surface area contributed by atoms with Crippen molar-refractivity contribution in [1.29, 1.82) is 0 Å². The fraction of sp³-hybridized carbons (Fsp3) is 0.467.